The number of amidine groups is 1. The number of rotatable bonds is 4. The number of hydrogen-bond donors (Lipinski definition) is 0. The van der Waals surface area contributed by atoms with E-state index in [1.807, 2.05) is 0 Å². The zero-order valence-electron chi connectivity index (χ0n) is 11.8. The van der Waals surface area contributed by atoms with Gasteiger partial charge < -0.3 is 4.74 Å². The first-order chi connectivity index (χ1) is 10.0. The zero-order valence-corrected chi connectivity index (χ0v) is 12.6. The lowest BCUT2D eigenvalue weighted by molar-refractivity contribution is -0.145. The van der Waals surface area contributed by atoms with Crippen molar-refractivity contribution >= 4 is 35.4 Å². The third kappa shape index (κ3) is 3.70. The van der Waals surface area contributed by atoms with E-state index in [4.69, 9.17) is 16.3 Å². The molecule has 0 aliphatic carbocycles. The van der Waals surface area contributed by atoms with Gasteiger partial charge in [-0.1, -0.05) is 23.7 Å². The Balaban J connectivity index is 2.15. The minimum absolute atomic E-state index is 0.125. The summed E-state index contributed by atoms with van der Waals surface area (Å²) in [5.41, 5.74) is 1.11. The Hall–Kier alpha value is -2.14. The van der Waals surface area contributed by atoms with Gasteiger partial charge in [0.2, 0.25) is 0 Å². The monoisotopic (exact) mass is 306 g/mol. The van der Waals surface area contributed by atoms with Crippen molar-refractivity contribution < 1.29 is 14.3 Å². The maximum Gasteiger partial charge on any atom is 0.326 e. The molecule has 0 saturated carbocycles. The second-order valence-electron chi connectivity index (χ2n) is 4.44. The summed E-state index contributed by atoms with van der Waals surface area (Å²) < 4.78 is 4.85. The highest BCUT2D eigenvalue weighted by Gasteiger charge is 2.29. The first-order valence-electron chi connectivity index (χ1n) is 6.51. The third-order valence-electron chi connectivity index (χ3n) is 2.90. The van der Waals surface area contributed by atoms with Crippen LogP contribution in [0.2, 0.25) is 5.02 Å². The fraction of sp³-hybridized carbons (Fsp3) is 0.267. The van der Waals surface area contributed by atoms with Crippen molar-refractivity contribution in [1.82, 2.24) is 4.90 Å². The Morgan fingerprint density at radius 2 is 2.05 bits per heavy atom. The summed E-state index contributed by atoms with van der Waals surface area (Å²) in [6.45, 7) is 3.56. The number of carbonyl (C=O) groups is 2. The molecule has 1 heterocycles. The molecule has 0 spiro atoms. The van der Waals surface area contributed by atoms with E-state index in [0.717, 1.165) is 5.56 Å². The van der Waals surface area contributed by atoms with Crippen molar-refractivity contribution in [1.29, 1.82) is 0 Å². The van der Waals surface area contributed by atoms with Crippen LogP contribution in [-0.2, 0) is 14.3 Å². The SMILES string of the molecule is CCOC(=O)CN1C(=O)/C(=C/c2ccc(Cl)cc2)N=C1C. The predicted octanol–water partition coefficient (Wildman–Crippen LogP) is 2.50. The largest absolute Gasteiger partial charge is 0.465 e. The van der Waals surface area contributed by atoms with Gasteiger partial charge in [0.15, 0.2) is 0 Å². The lowest BCUT2D eigenvalue weighted by Gasteiger charge is -2.14. The molecule has 2 rings (SSSR count). The van der Waals surface area contributed by atoms with Gasteiger partial charge in [-0.15, -0.1) is 0 Å². The van der Waals surface area contributed by atoms with Crippen LogP contribution >= 0.6 is 11.6 Å². The Labute approximate surface area is 127 Å². The second-order valence-corrected chi connectivity index (χ2v) is 4.87. The third-order valence-corrected chi connectivity index (χ3v) is 3.16. The van der Waals surface area contributed by atoms with E-state index in [0.29, 0.717) is 16.6 Å². The Bertz CT molecular complexity index is 620. The summed E-state index contributed by atoms with van der Waals surface area (Å²) in [5, 5.41) is 0.624. The van der Waals surface area contributed by atoms with Crippen LogP contribution in [0, 0.1) is 0 Å². The lowest BCUT2D eigenvalue weighted by Crippen LogP contribution is -2.36. The second kappa shape index (κ2) is 6.54. The van der Waals surface area contributed by atoms with Crippen molar-refractivity contribution in [2.45, 2.75) is 13.8 Å². The lowest BCUT2D eigenvalue weighted by atomic mass is 10.2. The Morgan fingerprint density at radius 1 is 1.38 bits per heavy atom. The molecular weight excluding hydrogens is 292 g/mol. The van der Waals surface area contributed by atoms with Gasteiger partial charge in [0.25, 0.3) is 5.91 Å². The van der Waals surface area contributed by atoms with Gasteiger partial charge in [-0.3, -0.25) is 14.5 Å². The molecule has 1 aromatic carbocycles. The minimum Gasteiger partial charge on any atom is -0.465 e. The maximum atomic E-state index is 12.2. The number of hydrogen-bond acceptors (Lipinski definition) is 4. The molecule has 1 aliphatic heterocycles. The number of halogens is 1. The highest BCUT2D eigenvalue weighted by atomic mass is 35.5. The van der Waals surface area contributed by atoms with Crippen LogP contribution in [-0.4, -0.2) is 35.8 Å². The van der Waals surface area contributed by atoms with Crippen LogP contribution in [0.15, 0.2) is 35.0 Å². The average molecular weight is 307 g/mol. The van der Waals surface area contributed by atoms with Crippen molar-refractivity contribution in [3.8, 4) is 0 Å². The fourth-order valence-corrected chi connectivity index (χ4v) is 2.03. The molecule has 21 heavy (non-hydrogen) atoms. The molecule has 0 bridgehead atoms. The number of carbonyl (C=O) groups excluding carboxylic acids is 2. The molecule has 1 aliphatic rings. The molecule has 110 valence electrons. The zero-order chi connectivity index (χ0) is 15.4. The van der Waals surface area contributed by atoms with Gasteiger partial charge in [-0.25, -0.2) is 4.99 Å². The van der Waals surface area contributed by atoms with Crippen molar-refractivity contribution in [2.75, 3.05) is 13.2 Å². The molecule has 0 aromatic heterocycles. The first-order valence-corrected chi connectivity index (χ1v) is 6.89. The summed E-state index contributed by atoms with van der Waals surface area (Å²) in [5.74, 6) is -0.281. The minimum atomic E-state index is -0.451. The van der Waals surface area contributed by atoms with Crippen molar-refractivity contribution in [3.05, 3.63) is 40.5 Å². The van der Waals surface area contributed by atoms with Gasteiger partial charge in [-0.2, -0.15) is 0 Å². The van der Waals surface area contributed by atoms with Crippen molar-refractivity contribution in [2.24, 2.45) is 4.99 Å². The number of nitrogens with zero attached hydrogens (tertiary/aromatic N) is 2. The molecule has 5 nitrogen and oxygen atoms in total. The van der Waals surface area contributed by atoms with E-state index in [1.165, 1.54) is 4.90 Å². The van der Waals surface area contributed by atoms with Crippen LogP contribution in [0.5, 0.6) is 0 Å². The predicted molar refractivity (Wildman–Crippen MR) is 80.9 cm³/mol. The van der Waals surface area contributed by atoms with Crippen LogP contribution in [0.1, 0.15) is 19.4 Å². The van der Waals surface area contributed by atoms with Crippen molar-refractivity contribution in [3.63, 3.8) is 0 Å². The Kier molecular flexibility index (Phi) is 4.75. The normalized spacial score (nSPS) is 16.3. The van der Waals surface area contributed by atoms with E-state index >= 15 is 0 Å². The molecule has 0 N–H and O–H groups in total. The van der Waals surface area contributed by atoms with Gasteiger partial charge in [-0.05, 0) is 37.6 Å². The molecule has 1 aromatic rings. The summed E-state index contributed by atoms with van der Waals surface area (Å²) in [7, 11) is 0. The molecule has 1 amide bonds. The smallest absolute Gasteiger partial charge is 0.326 e. The molecule has 0 saturated heterocycles. The molecule has 0 fully saturated rings. The number of amides is 1. The standard InChI is InChI=1S/C15H15ClN2O3/c1-3-21-14(19)9-18-10(2)17-13(15(18)20)8-11-4-6-12(16)7-5-11/h4-8H,3,9H2,1-2H3/b13-8-. The van der Waals surface area contributed by atoms with Gasteiger partial charge in [0.1, 0.15) is 18.1 Å². The average Bonchev–Trinajstić information content (AvgIpc) is 2.69. The van der Waals surface area contributed by atoms with E-state index in [9.17, 15) is 9.59 Å². The van der Waals surface area contributed by atoms with E-state index in [1.54, 1.807) is 44.2 Å². The number of aliphatic imine (C=N–C) groups is 1. The van der Waals surface area contributed by atoms with Gasteiger partial charge in [0, 0.05) is 5.02 Å². The molecule has 0 radical (unpaired) electrons. The molecular formula is C15H15ClN2O3. The molecule has 0 atom stereocenters. The molecule has 6 heteroatoms. The maximum absolute atomic E-state index is 12.2. The highest BCUT2D eigenvalue weighted by Crippen LogP contribution is 2.19. The summed E-state index contributed by atoms with van der Waals surface area (Å²) >= 11 is 5.82. The van der Waals surface area contributed by atoms with E-state index < -0.39 is 5.97 Å². The summed E-state index contributed by atoms with van der Waals surface area (Å²) in [4.78, 5) is 29.2. The number of ether oxygens (including phenoxy) is 1. The van der Waals surface area contributed by atoms with Crippen LogP contribution in [0.25, 0.3) is 6.08 Å². The van der Waals surface area contributed by atoms with Gasteiger partial charge >= 0.3 is 5.97 Å². The number of benzene rings is 1. The number of esters is 1. The Morgan fingerprint density at radius 3 is 2.67 bits per heavy atom. The van der Waals surface area contributed by atoms with E-state index in [2.05, 4.69) is 4.99 Å². The summed E-state index contributed by atoms with van der Waals surface area (Å²) in [6, 6.07) is 7.06. The fourth-order valence-electron chi connectivity index (χ4n) is 1.90. The van der Waals surface area contributed by atoms with Crippen LogP contribution in [0.3, 0.4) is 0 Å². The van der Waals surface area contributed by atoms with E-state index in [-0.39, 0.29) is 19.1 Å². The van der Waals surface area contributed by atoms with Crippen LogP contribution < -0.4 is 0 Å². The quantitative estimate of drug-likeness (QED) is 0.634. The van der Waals surface area contributed by atoms with Gasteiger partial charge in [0.05, 0.1) is 6.61 Å². The summed E-state index contributed by atoms with van der Waals surface area (Å²) in [6.07, 6.45) is 1.66. The topological polar surface area (TPSA) is 59.0 Å². The molecule has 0 unspecified atom stereocenters. The van der Waals surface area contributed by atoms with Crippen LogP contribution in [0.4, 0.5) is 0 Å². The first kappa shape index (κ1) is 15.3. The highest BCUT2D eigenvalue weighted by molar-refractivity contribution is 6.30.